The first-order chi connectivity index (χ1) is 14.5. The first-order valence-electron chi connectivity index (χ1n) is 10.7. The number of phenols is 1. The van der Waals surface area contributed by atoms with Crippen molar-refractivity contribution >= 4 is 22.9 Å². The molecule has 0 radical (unpaired) electrons. The Morgan fingerprint density at radius 3 is 2.73 bits per heavy atom. The number of phenolic OH excluding ortho intramolecular Hbond substituents is 1. The molecule has 0 saturated carbocycles. The Labute approximate surface area is 177 Å². The van der Waals surface area contributed by atoms with Crippen LogP contribution >= 0.6 is 0 Å². The summed E-state index contributed by atoms with van der Waals surface area (Å²) in [4.78, 5) is 13.8. The smallest absolute Gasteiger partial charge is 0.227 e. The van der Waals surface area contributed by atoms with E-state index >= 15 is 0 Å². The maximum absolute atomic E-state index is 10.2. The van der Waals surface area contributed by atoms with Gasteiger partial charge in [0, 0.05) is 18.7 Å². The monoisotopic (exact) mass is 412 g/mol. The van der Waals surface area contributed by atoms with Crippen molar-refractivity contribution in [3.05, 3.63) is 35.7 Å². The average Bonchev–Trinajstić information content (AvgIpc) is 3.15. The number of aliphatic hydroxyl groups excluding tert-OH is 1. The largest absolute Gasteiger partial charge is 0.508 e. The van der Waals surface area contributed by atoms with Crippen LogP contribution in [0, 0.1) is 6.92 Å². The number of aromatic hydroxyl groups is 1. The lowest BCUT2D eigenvalue weighted by Crippen LogP contribution is -2.24. The molecule has 30 heavy (non-hydrogen) atoms. The molecule has 1 atom stereocenters. The molecule has 0 bridgehead atoms. The number of imidazole rings is 1. The molecule has 0 aliphatic heterocycles. The summed E-state index contributed by atoms with van der Waals surface area (Å²) in [5.41, 5.74) is 3.32. The number of nitrogens with one attached hydrogen (secondary N) is 2. The van der Waals surface area contributed by atoms with Gasteiger partial charge in [-0.15, -0.1) is 0 Å². The molecule has 0 amide bonds. The molecule has 162 valence electrons. The predicted octanol–water partition coefficient (Wildman–Crippen LogP) is 3.83. The van der Waals surface area contributed by atoms with Crippen LogP contribution in [0.5, 0.6) is 5.75 Å². The Kier molecular flexibility index (Phi) is 7.46. The molecule has 0 saturated heterocycles. The third-order valence-electron chi connectivity index (χ3n) is 5.19. The number of aromatic nitrogens is 4. The number of anilines is 2. The Morgan fingerprint density at radius 1 is 1.17 bits per heavy atom. The molecule has 8 heteroatoms. The predicted molar refractivity (Wildman–Crippen MR) is 120 cm³/mol. The zero-order chi connectivity index (χ0) is 21.5. The Morgan fingerprint density at radius 2 is 2.00 bits per heavy atom. The number of hydrogen-bond acceptors (Lipinski definition) is 7. The molecular weight excluding hydrogens is 380 g/mol. The topological polar surface area (TPSA) is 108 Å². The maximum atomic E-state index is 10.2. The summed E-state index contributed by atoms with van der Waals surface area (Å²) >= 11 is 0. The fraction of sp³-hybridized carbons (Fsp3) is 0.500. The molecule has 3 rings (SSSR count). The van der Waals surface area contributed by atoms with E-state index in [9.17, 15) is 10.2 Å². The molecule has 0 aliphatic rings. The summed E-state index contributed by atoms with van der Waals surface area (Å²) < 4.78 is 2.05. The van der Waals surface area contributed by atoms with Crippen LogP contribution in [0.2, 0.25) is 0 Å². The van der Waals surface area contributed by atoms with Crippen molar-refractivity contribution in [2.75, 3.05) is 17.2 Å². The molecule has 1 unspecified atom stereocenters. The summed E-state index contributed by atoms with van der Waals surface area (Å²) in [6.45, 7) is 7.44. The first-order valence-corrected chi connectivity index (χ1v) is 10.7. The number of benzene rings is 1. The van der Waals surface area contributed by atoms with Gasteiger partial charge in [0.25, 0.3) is 0 Å². The standard InChI is InChI=1S/C22H32N6O2/c1-4-6-7-10-28-14-24-19-20(23-12-16-11-15(3)8-9-18(16)30)26-22(27-21(19)28)25-17(5-2)13-29/h8-9,11,14,17,29-30H,4-7,10,12-13H2,1-3H3,(H2,23,25,26,27). The van der Waals surface area contributed by atoms with E-state index < -0.39 is 0 Å². The van der Waals surface area contributed by atoms with Crippen LogP contribution in [0.15, 0.2) is 24.5 Å². The fourth-order valence-electron chi connectivity index (χ4n) is 3.32. The van der Waals surface area contributed by atoms with Gasteiger partial charge in [0.05, 0.1) is 19.0 Å². The van der Waals surface area contributed by atoms with Crippen LogP contribution in [-0.4, -0.2) is 42.4 Å². The zero-order valence-electron chi connectivity index (χ0n) is 18.0. The Hall–Kier alpha value is -2.87. The summed E-state index contributed by atoms with van der Waals surface area (Å²) in [7, 11) is 0. The Bertz CT molecular complexity index is 968. The summed E-state index contributed by atoms with van der Waals surface area (Å²) in [5, 5.41) is 26.2. The first kappa shape index (κ1) is 21.8. The second-order valence-electron chi connectivity index (χ2n) is 7.63. The minimum Gasteiger partial charge on any atom is -0.508 e. The van der Waals surface area contributed by atoms with Crippen molar-refractivity contribution < 1.29 is 10.2 Å². The molecule has 8 nitrogen and oxygen atoms in total. The number of fused-ring (bicyclic) bond motifs is 1. The maximum Gasteiger partial charge on any atom is 0.227 e. The molecule has 3 aromatic rings. The number of aliphatic hydroxyl groups is 1. The lowest BCUT2D eigenvalue weighted by molar-refractivity contribution is 0.271. The number of aryl methyl sites for hydroxylation is 2. The minimum absolute atomic E-state index is 0.00753. The minimum atomic E-state index is -0.118. The molecule has 2 heterocycles. The number of unbranched alkanes of at least 4 members (excludes halogenated alkanes) is 2. The molecule has 0 spiro atoms. The number of rotatable bonds is 11. The van der Waals surface area contributed by atoms with Gasteiger partial charge in [-0.2, -0.15) is 9.97 Å². The third kappa shape index (κ3) is 5.18. The highest BCUT2D eigenvalue weighted by atomic mass is 16.3. The second-order valence-corrected chi connectivity index (χ2v) is 7.63. The number of nitrogens with zero attached hydrogens (tertiary/aromatic N) is 4. The van der Waals surface area contributed by atoms with Gasteiger partial charge >= 0.3 is 0 Å². The van der Waals surface area contributed by atoms with Crippen LogP contribution in [0.25, 0.3) is 11.2 Å². The highest BCUT2D eigenvalue weighted by Gasteiger charge is 2.16. The van der Waals surface area contributed by atoms with Crippen molar-refractivity contribution in [3.8, 4) is 5.75 Å². The lowest BCUT2D eigenvalue weighted by Gasteiger charge is -2.16. The van der Waals surface area contributed by atoms with Crippen LogP contribution in [0.1, 0.15) is 50.7 Å². The van der Waals surface area contributed by atoms with E-state index in [1.807, 2.05) is 30.5 Å². The van der Waals surface area contributed by atoms with E-state index in [-0.39, 0.29) is 18.4 Å². The van der Waals surface area contributed by atoms with E-state index in [0.29, 0.717) is 23.8 Å². The fourth-order valence-corrected chi connectivity index (χ4v) is 3.32. The lowest BCUT2D eigenvalue weighted by atomic mass is 10.1. The van der Waals surface area contributed by atoms with E-state index in [2.05, 4.69) is 32.5 Å². The molecule has 0 fully saturated rings. The average molecular weight is 413 g/mol. The van der Waals surface area contributed by atoms with E-state index in [0.717, 1.165) is 49.0 Å². The highest BCUT2D eigenvalue weighted by Crippen LogP contribution is 2.24. The van der Waals surface area contributed by atoms with Gasteiger partial charge in [-0.05, 0) is 25.8 Å². The van der Waals surface area contributed by atoms with Crippen molar-refractivity contribution in [1.82, 2.24) is 19.5 Å². The highest BCUT2D eigenvalue weighted by molar-refractivity contribution is 5.84. The molecule has 2 aromatic heterocycles. The van der Waals surface area contributed by atoms with Gasteiger partial charge in [-0.25, -0.2) is 4.98 Å². The van der Waals surface area contributed by atoms with Gasteiger partial charge in [-0.3, -0.25) is 0 Å². The van der Waals surface area contributed by atoms with E-state index in [4.69, 9.17) is 0 Å². The van der Waals surface area contributed by atoms with Crippen LogP contribution < -0.4 is 10.6 Å². The molecular formula is C22H32N6O2. The molecule has 4 N–H and O–H groups in total. The molecule has 1 aromatic carbocycles. The third-order valence-corrected chi connectivity index (χ3v) is 5.19. The van der Waals surface area contributed by atoms with Gasteiger partial charge in [0.2, 0.25) is 5.95 Å². The van der Waals surface area contributed by atoms with Crippen molar-refractivity contribution in [3.63, 3.8) is 0 Å². The molecule has 0 aliphatic carbocycles. The van der Waals surface area contributed by atoms with Gasteiger partial charge < -0.3 is 25.4 Å². The summed E-state index contributed by atoms with van der Waals surface area (Å²) in [5.74, 6) is 1.30. The van der Waals surface area contributed by atoms with E-state index in [1.54, 1.807) is 12.4 Å². The van der Waals surface area contributed by atoms with Crippen LogP contribution in [0.3, 0.4) is 0 Å². The zero-order valence-corrected chi connectivity index (χ0v) is 18.0. The summed E-state index contributed by atoms with van der Waals surface area (Å²) in [6, 6.07) is 5.40. The van der Waals surface area contributed by atoms with Crippen molar-refractivity contribution in [2.24, 2.45) is 0 Å². The van der Waals surface area contributed by atoms with E-state index in [1.165, 1.54) is 0 Å². The number of hydrogen-bond donors (Lipinski definition) is 4. The quantitative estimate of drug-likeness (QED) is 0.355. The van der Waals surface area contributed by atoms with Crippen LogP contribution in [0.4, 0.5) is 11.8 Å². The summed E-state index contributed by atoms with van der Waals surface area (Å²) in [6.07, 6.45) is 5.92. The normalized spacial score (nSPS) is 12.3. The van der Waals surface area contributed by atoms with Gasteiger partial charge in [-0.1, -0.05) is 44.4 Å². The van der Waals surface area contributed by atoms with Gasteiger partial charge in [0.15, 0.2) is 17.0 Å². The Balaban J connectivity index is 1.92. The second kappa shape index (κ2) is 10.2. The SMILES string of the molecule is CCCCCn1cnc2c(NCc3cc(C)ccc3O)nc(NC(CC)CO)nc21. The van der Waals surface area contributed by atoms with Crippen LogP contribution in [-0.2, 0) is 13.1 Å². The van der Waals surface area contributed by atoms with Crippen molar-refractivity contribution in [2.45, 2.75) is 65.6 Å². The van der Waals surface area contributed by atoms with Gasteiger partial charge in [0.1, 0.15) is 5.75 Å². The van der Waals surface area contributed by atoms with Crippen molar-refractivity contribution in [1.29, 1.82) is 0 Å².